The van der Waals surface area contributed by atoms with E-state index in [0.29, 0.717) is 24.5 Å². The molecule has 100 valence electrons. The Balaban J connectivity index is 2.39. The van der Waals surface area contributed by atoms with Crippen LogP contribution in [0.5, 0.6) is 5.75 Å². The Hall–Kier alpha value is -1.66. The van der Waals surface area contributed by atoms with Gasteiger partial charge in [0.25, 0.3) is 5.91 Å². The van der Waals surface area contributed by atoms with Crippen molar-refractivity contribution >= 4 is 5.91 Å². The van der Waals surface area contributed by atoms with Gasteiger partial charge < -0.3 is 20.5 Å². The first kappa shape index (κ1) is 14.4. The summed E-state index contributed by atoms with van der Waals surface area (Å²) in [5.74, 6) is -0.420. The molecule has 1 rings (SSSR count). The molecule has 0 fully saturated rings. The van der Waals surface area contributed by atoms with Crippen LogP contribution in [0.1, 0.15) is 5.56 Å². The summed E-state index contributed by atoms with van der Waals surface area (Å²) in [6, 6.07) is 4.33. The monoisotopic (exact) mass is 256 g/mol. The highest BCUT2D eigenvalue weighted by Crippen LogP contribution is 2.16. The van der Waals surface area contributed by atoms with Gasteiger partial charge in [-0.2, -0.15) is 0 Å². The predicted molar refractivity (Wildman–Crippen MR) is 64.7 cm³/mol. The summed E-state index contributed by atoms with van der Waals surface area (Å²) in [6.07, 6.45) is 0. The van der Waals surface area contributed by atoms with E-state index in [2.05, 4.69) is 5.32 Å². The second kappa shape index (κ2) is 7.62. The largest absolute Gasteiger partial charge is 0.484 e. The summed E-state index contributed by atoms with van der Waals surface area (Å²) in [5.41, 5.74) is 5.74. The maximum Gasteiger partial charge on any atom is 0.258 e. The van der Waals surface area contributed by atoms with E-state index in [9.17, 15) is 9.18 Å². The molecule has 0 aliphatic heterocycles. The number of hydrogen-bond donors (Lipinski definition) is 2. The van der Waals surface area contributed by atoms with Gasteiger partial charge in [0.1, 0.15) is 11.6 Å². The van der Waals surface area contributed by atoms with E-state index >= 15 is 0 Å². The standard InChI is InChI=1S/C12H17FN2O3/c1-17-5-4-15-12(16)8-18-10-3-2-9(7-14)11(13)6-10/h2-3,6H,4-5,7-8,14H2,1H3,(H,15,16). The molecule has 0 aliphatic carbocycles. The van der Waals surface area contributed by atoms with Crippen LogP contribution in [0, 0.1) is 5.82 Å². The zero-order valence-corrected chi connectivity index (χ0v) is 10.2. The van der Waals surface area contributed by atoms with Crippen molar-refractivity contribution in [2.75, 3.05) is 26.9 Å². The van der Waals surface area contributed by atoms with Gasteiger partial charge in [0.2, 0.25) is 0 Å². The van der Waals surface area contributed by atoms with Crippen molar-refractivity contribution in [2.45, 2.75) is 6.54 Å². The molecule has 0 radical (unpaired) electrons. The van der Waals surface area contributed by atoms with Crippen LogP contribution in [0.4, 0.5) is 4.39 Å². The quantitative estimate of drug-likeness (QED) is 0.694. The zero-order valence-electron chi connectivity index (χ0n) is 10.2. The maximum atomic E-state index is 13.3. The van der Waals surface area contributed by atoms with Crippen LogP contribution in [0.2, 0.25) is 0 Å². The number of benzene rings is 1. The molecule has 0 aromatic heterocycles. The van der Waals surface area contributed by atoms with Crippen molar-refractivity contribution in [2.24, 2.45) is 5.73 Å². The molecule has 1 aromatic carbocycles. The number of ether oxygens (including phenoxy) is 2. The SMILES string of the molecule is COCCNC(=O)COc1ccc(CN)c(F)c1. The van der Waals surface area contributed by atoms with Crippen LogP contribution < -0.4 is 15.8 Å². The summed E-state index contributed by atoms with van der Waals surface area (Å²) in [5, 5.41) is 2.59. The summed E-state index contributed by atoms with van der Waals surface area (Å²) in [6.45, 7) is 0.819. The Labute approximate surface area is 105 Å². The average molecular weight is 256 g/mol. The third-order valence-electron chi connectivity index (χ3n) is 2.24. The second-order valence-corrected chi connectivity index (χ2v) is 3.59. The summed E-state index contributed by atoms with van der Waals surface area (Å²) in [4.78, 5) is 11.3. The number of amides is 1. The molecule has 18 heavy (non-hydrogen) atoms. The van der Waals surface area contributed by atoms with Gasteiger partial charge in [0.05, 0.1) is 6.61 Å². The van der Waals surface area contributed by atoms with E-state index in [1.54, 1.807) is 13.2 Å². The molecule has 0 spiro atoms. The number of nitrogens with two attached hydrogens (primary N) is 1. The molecule has 1 aromatic rings. The van der Waals surface area contributed by atoms with Gasteiger partial charge in [-0.1, -0.05) is 6.07 Å². The van der Waals surface area contributed by atoms with E-state index in [0.717, 1.165) is 0 Å². The van der Waals surface area contributed by atoms with Crippen LogP contribution in [0.25, 0.3) is 0 Å². The van der Waals surface area contributed by atoms with E-state index in [-0.39, 0.29) is 19.1 Å². The molecule has 0 bridgehead atoms. The van der Waals surface area contributed by atoms with Gasteiger partial charge >= 0.3 is 0 Å². The average Bonchev–Trinajstić information content (AvgIpc) is 2.37. The van der Waals surface area contributed by atoms with Crippen molar-refractivity contribution in [3.8, 4) is 5.75 Å². The lowest BCUT2D eigenvalue weighted by molar-refractivity contribution is -0.123. The number of methoxy groups -OCH3 is 1. The lowest BCUT2D eigenvalue weighted by atomic mass is 10.2. The molecule has 3 N–H and O–H groups in total. The maximum absolute atomic E-state index is 13.3. The smallest absolute Gasteiger partial charge is 0.258 e. The Morgan fingerprint density at radius 3 is 2.89 bits per heavy atom. The molecule has 0 aliphatic rings. The van der Waals surface area contributed by atoms with E-state index in [4.69, 9.17) is 15.2 Å². The van der Waals surface area contributed by atoms with Crippen LogP contribution in [-0.4, -0.2) is 32.8 Å². The van der Waals surface area contributed by atoms with Crippen LogP contribution in [-0.2, 0) is 16.1 Å². The first-order valence-corrected chi connectivity index (χ1v) is 5.54. The predicted octanol–water partition coefficient (Wildman–Crippen LogP) is 0.426. The fourth-order valence-corrected chi connectivity index (χ4v) is 1.28. The Kier molecular flexibility index (Phi) is 6.10. The van der Waals surface area contributed by atoms with Gasteiger partial charge in [0, 0.05) is 31.8 Å². The molecule has 0 unspecified atom stereocenters. The first-order chi connectivity index (χ1) is 8.67. The van der Waals surface area contributed by atoms with Crippen molar-refractivity contribution in [1.82, 2.24) is 5.32 Å². The molecule has 0 saturated carbocycles. The van der Waals surface area contributed by atoms with E-state index in [1.165, 1.54) is 12.1 Å². The minimum atomic E-state index is -0.435. The van der Waals surface area contributed by atoms with Crippen molar-refractivity contribution in [1.29, 1.82) is 0 Å². The highest BCUT2D eigenvalue weighted by molar-refractivity contribution is 5.77. The number of nitrogens with one attached hydrogen (secondary N) is 1. The van der Waals surface area contributed by atoms with Crippen molar-refractivity contribution in [3.05, 3.63) is 29.6 Å². The lowest BCUT2D eigenvalue weighted by Crippen LogP contribution is -2.31. The minimum absolute atomic E-state index is 0.129. The molecule has 0 heterocycles. The topological polar surface area (TPSA) is 73.6 Å². The van der Waals surface area contributed by atoms with Gasteiger partial charge in [0.15, 0.2) is 6.61 Å². The van der Waals surface area contributed by atoms with Crippen LogP contribution in [0.15, 0.2) is 18.2 Å². The first-order valence-electron chi connectivity index (χ1n) is 5.54. The Bertz CT molecular complexity index is 399. The Morgan fingerprint density at radius 2 is 2.28 bits per heavy atom. The Morgan fingerprint density at radius 1 is 1.50 bits per heavy atom. The van der Waals surface area contributed by atoms with Gasteiger partial charge in [-0.05, 0) is 6.07 Å². The highest BCUT2D eigenvalue weighted by atomic mass is 19.1. The third-order valence-corrected chi connectivity index (χ3v) is 2.24. The number of carbonyl (C=O) groups is 1. The minimum Gasteiger partial charge on any atom is -0.484 e. The lowest BCUT2D eigenvalue weighted by Gasteiger charge is -2.08. The van der Waals surface area contributed by atoms with Gasteiger partial charge in [-0.15, -0.1) is 0 Å². The zero-order chi connectivity index (χ0) is 13.4. The summed E-state index contributed by atoms with van der Waals surface area (Å²) in [7, 11) is 1.55. The number of carbonyl (C=O) groups excluding carboxylic acids is 1. The fourth-order valence-electron chi connectivity index (χ4n) is 1.28. The van der Waals surface area contributed by atoms with Gasteiger partial charge in [-0.3, -0.25) is 4.79 Å². The molecule has 1 amide bonds. The number of halogens is 1. The third kappa shape index (κ3) is 4.68. The molecule has 0 atom stereocenters. The summed E-state index contributed by atoms with van der Waals surface area (Å²) < 4.78 is 23.3. The summed E-state index contributed by atoms with van der Waals surface area (Å²) >= 11 is 0. The molecule has 6 heteroatoms. The van der Waals surface area contributed by atoms with E-state index in [1.807, 2.05) is 0 Å². The molecular weight excluding hydrogens is 239 g/mol. The van der Waals surface area contributed by atoms with Crippen LogP contribution in [0.3, 0.4) is 0 Å². The van der Waals surface area contributed by atoms with Crippen molar-refractivity contribution in [3.63, 3.8) is 0 Å². The highest BCUT2D eigenvalue weighted by Gasteiger charge is 2.05. The number of hydrogen-bond acceptors (Lipinski definition) is 4. The van der Waals surface area contributed by atoms with E-state index < -0.39 is 5.82 Å². The van der Waals surface area contributed by atoms with Gasteiger partial charge in [-0.25, -0.2) is 4.39 Å². The number of rotatable bonds is 7. The van der Waals surface area contributed by atoms with Crippen LogP contribution >= 0.6 is 0 Å². The fraction of sp³-hybridized carbons (Fsp3) is 0.417. The second-order valence-electron chi connectivity index (χ2n) is 3.59. The normalized spacial score (nSPS) is 10.2. The molecule has 5 nitrogen and oxygen atoms in total. The van der Waals surface area contributed by atoms with Crippen molar-refractivity contribution < 1.29 is 18.7 Å². The molecular formula is C12H17FN2O3. The molecule has 0 saturated heterocycles.